The molecule has 2 heteroatoms. The summed E-state index contributed by atoms with van der Waals surface area (Å²) in [5, 5.41) is 1.13. The molecule has 15 heavy (non-hydrogen) atoms. The molecule has 90 valence electrons. The molecule has 1 unspecified atom stereocenters. The summed E-state index contributed by atoms with van der Waals surface area (Å²) in [6, 6.07) is 0.856. The molecule has 0 saturated heterocycles. The number of alkyl halides is 1. The van der Waals surface area contributed by atoms with Gasteiger partial charge in [-0.2, -0.15) is 0 Å². The van der Waals surface area contributed by atoms with Gasteiger partial charge >= 0.3 is 0 Å². The summed E-state index contributed by atoms with van der Waals surface area (Å²) in [5.41, 5.74) is 0. The van der Waals surface area contributed by atoms with E-state index in [1.807, 2.05) is 0 Å². The number of halogens is 1. The van der Waals surface area contributed by atoms with Crippen LogP contribution in [0.15, 0.2) is 0 Å². The molecule has 0 amide bonds. The predicted octanol–water partition coefficient (Wildman–Crippen LogP) is 3.92. The maximum atomic E-state index is 3.56. The van der Waals surface area contributed by atoms with Crippen LogP contribution in [0, 0.1) is 11.8 Å². The fraction of sp³-hybridized carbons (Fsp3) is 1.00. The zero-order valence-electron chi connectivity index (χ0n) is 10.5. The van der Waals surface area contributed by atoms with E-state index in [2.05, 4.69) is 41.7 Å². The highest BCUT2D eigenvalue weighted by Crippen LogP contribution is 2.29. The van der Waals surface area contributed by atoms with Crippen molar-refractivity contribution >= 4 is 15.9 Å². The van der Waals surface area contributed by atoms with Gasteiger partial charge in [-0.3, -0.25) is 0 Å². The van der Waals surface area contributed by atoms with Crippen molar-refractivity contribution in [2.24, 2.45) is 11.8 Å². The van der Waals surface area contributed by atoms with E-state index in [9.17, 15) is 0 Å². The van der Waals surface area contributed by atoms with Crippen LogP contribution in [0.1, 0.15) is 46.0 Å². The maximum absolute atomic E-state index is 3.56. The van der Waals surface area contributed by atoms with Gasteiger partial charge in [0.05, 0.1) is 0 Å². The normalized spacial score (nSPS) is 29.4. The van der Waals surface area contributed by atoms with Gasteiger partial charge in [0.2, 0.25) is 0 Å². The van der Waals surface area contributed by atoms with Crippen LogP contribution in [-0.4, -0.2) is 29.9 Å². The van der Waals surface area contributed by atoms with Crippen molar-refractivity contribution in [3.05, 3.63) is 0 Å². The highest BCUT2D eigenvalue weighted by atomic mass is 79.9. The first-order valence-electron chi connectivity index (χ1n) is 6.43. The largest absolute Gasteiger partial charge is 0.303 e. The van der Waals surface area contributed by atoms with Gasteiger partial charge in [0.15, 0.2) is 0 Å². The highest BCUT2D eigenvalue weighted by Gasteiger charge is 2.23. The monoisotopic (exact) mass is 275 g/mol. The Kier molecular flexibility index (Phi) is 6.21. The Morgan fingerprint density at radius 2 is 1.87 bits per heavy atom. The smallest absolute Gasteiger partial charge is 0.00925 e. The number of hydrogen-bond donors (Lipinski definition) is 0. The van der Waals surface area contributed by atoms with E-state index in [-0.39, 0.29) is 0 Å². The van der Waals surface area contributed by atoms with Crippen molar-refractivity contribution in [2.75, 3.05) is 18.9 Å². The molecule has 1 aliphatic rings. The van der Waals surface area contributed by atoms with Crippen LogP contribution in [0.2, 0.25) is 0 Å². The van der Waals surface area contributed by atoms with Gasteiger partial charge < -0.3 is 4.90 Å². The fourth-order valence-corrected chi connectivity index (χ4v) is 2.89. The standard InChI is InChI=1S/C13H26BrN/c1-4-12-5-7-13(8-6-12)15(3)10-11(2)9-14/h11-13H,4-10H2,1-3H3. The molecule has 1 rings (SSSR count). The van der Waals surface area contributed by atoms with E-state index in [1.165, 1.54) is 38.6 Å². The summed E-state index contributed by atoms with van der Waals surface area (Å²) >= 11 is 3.56. The van der Waals surface area contributed by atoms with Crippen molar-refractivity contribution in [3.8, 4) is 0 Å². The highest BCUT2D eigenvalue weighted by molar-refractivity contribution is 9.09. The molecule has 0 aromatic rings. The minimum Gasteiger partial charge on any atom is -0.303 e. The zero-order chi connectivity index (χ0) is 11.3. The van der Waals surface area contributed by atoms with E-state index >= 15 is 0 Å². The Hall–Kier alpha value is 0.440. The van der Waals surface area contributed by atoms with E-state index in [0.717, 1.165) is 23.2 Å². The van der Waals surface area contributed by atoms with Crippen LogP contribution >= 0.6 is 15.9 Å². The first-order chi connectivity index (χ1) is 7.17. The summed E-state index contributed by atoms with van der Waals surface area (Å²) in [5.74, 6) is 1.79. The van der Waals surface area contributed by atoms with Crippen LogP contribution in [0.4, 0.5) is 0 Å². The SMILES string of the molecule is CCC1CCC(N(C)CC(C)CBr)CC1. The quantitative estimate of drug-likeness (QED) is 0.688. The Bertz CT molecular complexity index is 164. The number of hydrogen-bond acceptors (Lipinski definition) is 1. The van der Waals surface area contributed by atoms with Gasteiger partial charge in [0, 0.05) is 17.9 Å². The number of nitrogens with zero attached hydrogens (tertiary/aromatic N) is 1. The van der Waals surface area contributed by atoms with Crippen molar-refractivity contribution in [2.45, 2.75) is 52.0 Å². The van der Waals surface area contributed by atoms with Crippen molar-refractivity contribution in [1.82, 2.24) is 4.90 Å². The molecule has 0 aliphatic heterocycles. The first kappa shape index (κ1) is 13.5. The maximum Gasteiger partial charge on any atom is 0.00925 e. The van der Waals surface area contributed by atoms with E-state index in [0.29, 0.717) is 0 Å². The molecular formula is C13H26BrN. The molecule has 1 nitrogen and oxygen atoms in total. The lowest BCUT2D eigenvalue weighted by Crippen LogP contribution is -2.38. The van der Waals surface area contributed by atoms with E-state index < -0.39 is 0 Å². The Labute approximate surface area is 104 Å². The van der Waals surface area contributed by atoms with E-state index in [1.54, 1.807) is 0 Å². The fourth-order valence-electron chi connectivity index (χ4n) is 2.68. The van der Waals surface area contributed by atoms with Crippen LogP contribution in [0.3, 0.4) is 0 Å². The molecular weight excluding hydrogens is 250 g/mol. The van der Waals surface area contributed by atoms with Crippen LogP contribution in [0.25, 0.3) is 0 Å². The first-order valence-corrected chi connectivity index (χ1v) is 7.55. The molecule has 1 fully saturated rings. The Morgan fingerprint density at radius 3 is 2.33 bits per heavy atom. The lowest BCUT2D eigenvalue weighted by atomic mass is 9.84. The summed E-state index contributed by atoms with van der Waals surface area (Å²) in [6.07, 6.45) is 7.13. The predicted molar refractivity (Wildman–Crippen MR) is 71.6 cm³/mol. The lowest BCUT2D eigenvalue weighted by Gasteiger charge is -2.35. The van der Waals surface area contributed by atoms with Gasteiger partial charge in [0.1, 0.15) is 0 Å². The molecule has 1 aliphatic carbocycles. The average molecular weight is 276 g/mol. The second-order valence-electron chi connectivity index (χ2n) is 5.28. The molecule has 0 bridgehead atoms. The van der Waals surface area contributed by atoms with Gasteiger partial charge in [0.25, 0.3) is 0 Å². The average Bonchev–Trinajstić information content (AvgIpc) is 2.29. The second kappa shape index (κ2) is 6.90. The van der Waals surface area contributed by atoms with Crippen LogP contribution in [0.5, 0.6) is 0 Å². The summed E-state index contributed by atoms with van der Waals surface area (Å²) in [4.78, 5) is 2.58. The van der Waals surface area contributed by atoms with Crippen molar-refractivity contribution in [1.29, 1.82) is 0 Å². The van der Waals surface area contributed by atoms with Gasteiger partial charge in [-0.1, -0.05) is 36.2 Å². The van der Waals surface area contributed by atoms with E-state index in [4.69, 9.17) is 0 Å². The molecule has 0 heterocycles. The number of rotatable bonds is 5. The van der Waals surface area contributed by atoms with Gasteiger partial charge in [-0.25, -0.2) is 0 Å². The zero-order valence-corrected chi connectivity index (χ0v) is 12.1. The van der Waals surface area contributed by atoms with Crippen LogP contribution < -0.4 is 0 Å². The van der Waals surface area contributed by atoms with Crippen molar-refractivity contribution in [3.63, 3.8) is 0 Å². The van der Waals surface area contributed by atoms with Gasteiger partial charge in [-0.05, 0) is 44.6 Å². The third-order valence-electron chi connectivity index (χ3n) is 3.88. The molecule has 0 radical (unpaired) electrons. The molecule has 1 atom stereocenters. The summed E-state index contributed by atoms with van der Waals surface area (Å²) in [6.45, 7) is 5.90. The lowest BCUT2D eigenvalue weighted by molar-refractivity contribution is 0.151. The Morgan fingerprint density at radius 1 is 1.27 bits per heavy atom. The Balaban J connectivity index is 2.26. The topological polar surface area (TPSA) is 3.24 Å². The summed E-state index contributed by atoms with van der Waals surface area (Å²) < 4.78 is 0. The minimum absolute atomic E-state index is 0.777. The third kappa shape index (κ3) is 4.44. The third-order valence-corrected chi connectivity index (χ3v) is 4.99. The minimum atomic E-state index is 0.777. The molecule has 0 aromatic heterocycles. The molecule has 1 saturated carbocycles. The second-order valence-corrected chi connectivity index (χ2v) is 5.93. The molecule has 0 N–H and O–H groups in total. The summed E-state index contributed by atoms with van der Waals surface area (Å²) in [7, 11) is 2.30. The molecule has 0 aromatic carbocycles. The van der Waals surface area contributed by atoms with Gasteiger partial charge in [-0.15, -0.1) is 0 Å². The van der Waals surface area contributed by atoms with Crippen molar-refractivity contribution < 1.29 is 0 Å². The molecule has 0 spiro atoms. The van der Waals surface area contributed by atoms with Crippen LogP contribution in [-0.2, 0) is 0 Å².